The number of likely N-dealkylation sites (tertiary alicyclic amines) is 1. The Morgan fingerprint density at radius 3 is 2.65 bits per heavy atom. The van der Waals surface area contributed by atoms with E-state index < -0.39 is 5.91 Å². The fourth-order valence-corrected chi connectivity index (χ4v) is 3.00. The minimum Gasteiger partial charge on any atom is -0.368 e. The first-order valence-corrected chi connectivity index (χ1v) is 8.13. The van der Waals surface area contributed by atoms with Crippen LogP contribution in [0.5, 0.6) is 0 Å². The molecule has 2 amide bonds. The Morgan fingerprint density at radius 2 is 2.00 bits per heavy atom. The summed E-state index contributed by atoms with van der Waals surface area (Å²) in [5, 5.41) is 3.10. The Labute approximate surface area is 136 Å². The average molecular weight is 317 g/mol. The van der Waals surface area contributed by atoms with Crippen molar-refractivity contribution in [1.82, 2.24) is 10.2 Å². The van der Waals surface area contributed by atoms with Crippen molar-refractivity contribution in [3.63, 3.8) is 0 Å². The Kier molecular flexibility index (Phi) is 4.93. The molecule has 0 bridgehead atoms. The number of hydrogen-bond donors (Lipinski definition) is 2. The molecule has 0 spiro atoms. The first kappa shape index (κ1) is 16.0. The summed E-state index contributed by atoms with van der Waals surface area (Å²) in [4.78, 5) is 25.7. The molecule has 2 fully saturated rings. The van der Waals surface area contributed by atoms with Crippen LogP contribution >= 0.6 is 0 Å². The highest BCUT2D eigenvalue weighted by Crippen LogP contribution is 2.28. The summed E-state index contributed by atoms with van der Waals surface area (Å²) < 4.78 is 5.51. The normalized spacial score (nSPS) is 22.7. The smallest absolute Gasteiger partial charge is 0.243 e. The Balaban J connectivity index is 1.68. The van der Waals surface area contributed by atoms with Crippen LogP contribution in [-0.2, 0) is 14.3 Å². The Hall–Kier alpha value is -1.92. The van der Waals surface area contributed by atoms with E-state index in [2.05, 4.69) is 10.2 Å². The summed E-state index contributed by atoms with van der Waals surface area (Å²) in [6, 6.07) is 9.83. The zero-order valence-electron chi connectivity index (χ0n) is 13.1. The summed E-state index contributed by atoms with van der Waals surface area (Å²) in [5.74, 6) is -0.413. The zero-order valence-corrected chi connectivity index (χ0v) is 13.1. The second kappa shape index (κ2) is 7.10. The number of nitrogens with one attached hydrogen (secondary N) is 1. The molecule has 2 atom stereocenters. The largest absolute Gasteiger partial charge is 0.368 e. The van der Waals surface area contributed by atoms with Crippen molar-refractivity contribution in [2.24, 2.45) is 5.73 Å². The van der Waals surface area contributed by atoms with Gasteiger partial charge in [0, 0.05) is 19.1 Å². The molecular formula is C17H23N3O3. The van der Waals surface area contributed by atoms with Crippen LogP contribution in [0.2, 0.25) is 0 Å². The van der Waals surface area contributed by atoms with E-state index in [9.17, 15) is 9.59 Å². The fraction of sp³-hybridized carbons (Fsp3) is 0.529. The van der Waals surface area contributed by atoms with Gasteiger partial charge in [0.1, 0.15) is 12.6 Å². The van der Waals surface area contributed by atoms with Gasteiger partial charge in [-0.15, -0.1) is 0 Å². The first-order valence-electron chi connectivity index (χ1n) is 8.13. The van der Waals surface area contributed by atoms with Crippen LogP contribution in [0.1, 0.15) is 30.9 Å². The van der Waals surface area contributed by atoms with Gasteiger partial charge < -0.3 is 15.8 Å². The number of carbonyl (C=O) groups is 2. The number of amides is 2. The summed E-state index contributed by atoms with van der Waals surface area (Å²) in [5.41, 5.74) is 6.11. The number of rotatable bonds is 7. The molecule has 1 aromatic rings. The van der Waals surface area contributed by atoms with Crippen molar-refractivity contribution < 1.29 is 14.3 Å². The lowest BCUT2D eigenvalue weighted by Gasteiger charge is -2.27. The third-order valence-electron chi connectivity index (χ3n) is 4.29. The number of benzene rings is 1. The Morgan fingerprint density at radius 1 is 1.26 bits per heavy atom. The van der Waals surface area contributed by atoms with E-state index in [0.29, 0.717) is 12.6 Å². The van der Waals surface area contributed by atoms with E-state index in [1.54, 1.807) is 0 Å². The number of hydrogen-bond acceptors (Lipinski definition) is 4. The molecule has 1 saturated heterocycles. The predicted octanol–water partition coefficient (Wildman–Crippen LogP) is 0.583. The lowest BCUT2D eigenvalue weighted by atomic mass is 10.0. The molecule has 1 saturated carbocycles. The SMILES string of the molecule is NC(=O)CO[C@H]1CCN([C@@H](C(=O)NC2CC2)c2ccccc2)C1. The molecule has 1 aliphatic heterocycles. The van der Waals surface area contributed by atoms with Crippen molar-refractivity contribution in [2.45, 2.75) is 37.5 Å². The highest BCUT2D eigenvalue weighted by Gasteiger charge is 2.36. The van der Waals surface area contributed by atoms with E-state index in [-0.39, 0.29) is 24.7 Å². The van der Waals surface area contributed by atoms with Crippen LogP contribution in [0.15, 0.2) is 30.3 Å². The van der Waals surface area contributed by atoms with Crippen molar-refractivity contribution in [1.29, 1.82) is 0 Å². The molecule has 1 heterocycles. The molecule has 6 nitrogen and oxygen atoms in total. The van der Waals surface area contributed by atoms with Gasteiger partial charge in [-0.1, -0.05) is 30.3 Å². The molecule has 23 heavy (non-hydrogen) atoms. The maximum Gasteiger partial charge on any atom is 0.243 e. The van der Waals surface area contributed by atoms with Crippen molar-refractivity contribution in [2.75, 3.05) is 19.7 Å². The predicted molar refractivity (Wildman–Crippen MR) is 85.5 cm³/mol. The van der Waals surface area contributed by atoms with Crippen LogP contribution in [0.4, 0.5) is 0 Å². The molecule has 3 rings (SSSR count). The number of primary amides is 1. The van der Waals surface area contributed by atoms with Gasteiger partial charge in [0.05, 0.1) is 6.10 Å². The number of carbonyl (C=O) groups excluding carboxylic acids is 2. The molecule has 0 unspecified atom stereocenters. The quantitative estimate of drug-likeness (QED) is 0.770. The minimum absolute atomic E-state index is 0.0502. The van der Waals surface area contributed by atoms with Crippen molar-refractivity contribution >= 4 is 11.8 Å². The summed E-state index contributed by atoms with van der Waals surface area (Å²) in [6.45, 7) is 1.33. The third kappa shape index (κ3) is 4.30. The lowest BCUT2D eigenvalue weighted by Crippen LogP contribution is -2.41. The fourth-order valence-electron chi connectivity index (χ4n) is 3.00. The van der Waals surface area contributed by atoms with Crippen LogP contribution < -0.4 is 11.1 Å². The molecule has 6 heteroatoms. The second-order valence-corrected chi connectivity index (χ2v) is 6.28. The van der Waals surface area contributed by atoms with E-state index in [0.717, 1.165) is 31.4 Å². The first-order chi connectivity index (χ1) is 11.1. The average Bonchev–Trinajstić information content (AvgIpc) is 3.22. The number of nitrogens with zero attached hydrogens (tertiary/aromatic N) is 1. The summed E-state index contributed by atoms with van der Waals surface area (Å²) >= 11 is 0. The maximum absolute atomic E-state index is 12.7. The molecular weight excluding hydrogens is 294 g/mol. The van der Waals surface area contributed by atoms with Gasteiger partial charge in [0.2, 0.25) is 11.8 Å². The monoisotopic (exact) mass is 317 g/mol. The van der Waals surface area contributed by atoms with Gasteiger partial charge in [-0.2, -0.15) is 0 Å². The second-order valence-electron chi connectivity index (χ2n) is 6.28. The van der Waals surface area contributed by atoms with Gasteiger partial charge in [0.25, 0.3) is 0 Å². The number of nitrogens with two attached hydrogens (primary N) is 1. The highest BCUT2D eigenvalue weighted by atomic mass is 16.5. The molecule has 0 radical (unpaired) electrons. The van der Waals surface area contributed by atoms with Gasteiger partial charge in [-0.25, -0.2) is 0 Å². The van der Waals surface area contributed by atoms with E-state index >= 15 is 0 Å². The molecule has 124 valence electrons. The molecule has 0 aromatic heterocycles. The van der Waals surface area contributed by atoms with Crippen LogP contribution in [-0.4, -0.2) is 48.6 Å². The van der Waals surface area contributed by atoms with Crippen molar-refractivity contribution in [3.05, 3.63) is 35.9 Å². The van der Waals surface area contributed by atoms with E-state index in [4.69, 9.17) is 10.5 Å². The van der Waals surface area contributed by atoms with Crippen molar-refractivity contribution in [3.8, 4) is 0 Å². The van der Waals surface area contributed by atoms with E-state index in [1.165, 1.54) is 0 Å². The van der Waals surface area contributed by atoms with Crippen LogP contribution in [0, 0.1) is 0 Å². The van der Waals surface area contributed by atoms with Crippen LogP contribution in [0.3, 0.4) is 0 Å². The molecule has 1 aromatic carbocycles. The van der Waals surface area contributed by atoms with Gasteiger partial charge in [-0.05, 0) is 24.8 Å². The standard InChI is InChI=1S/C17H23N3O3/c18-15(21)11-23-14-8-9-20(10-14)16(12-4-2-1-3-5-12)17(22)19-13-6-7-13/h1-5,13-14,16H,6-11H2,(H2,18,21)(H,19,22)/t14-,16+/m0/s1. The van der Waals surface area contributed by atoms with Crippen LogP contribution in [0.25, 0.3) is 0 Å². The molecule has 3 N–H and O–H groups in total. The zero-order chi connectivity index (χ0) is 16.2. The Bertz CT molecular complexity index is 559. The highest BCUT2D eigenvalue weighted by molar-refractivity contribution is 5.83. The van der Waals surface area contributed by atoms with Gasteiger partial charge >= 0.3 is 0 Å². The summed E-state index contributed by atoms with van der Waals surface area (Å²) in [6.07, 6.45) is 2.88. The maximum atomic E-state index is 12.7. The minimum atomic E-state index is -0.463. The molecule has 1 aliphatic carbocycles. The lowest BCUT2D eigenvalue weighted by molar-refractivity contribution is -0.127. The van der Waals surface area contributed by atoms with E-state index in [1.807, 2.05) is 30.3 Å². The summed E-state index contributed by atoms with van der Waals surface area (Å²) in [7, 11) is 0. The number of ether oxygens (including phenoxy) is 1. The molecule has 2 aliphatic rings. The third-order valence-corrected chi connectivity index (χ3v) is 4.29. The van der Waals surface area contributed by atoms with Gasteiger partial charge in [-0.3, -0.25) is 14.5 Å². The van der Waals surface area contributed by atoms with Gasteiger partial charge in [0.15, 0.2) is 0 Å². The topological polar surface area (TPSA) is 84.7 Å².